The quantitative estimate of drug-likeness (QED) is 0.246. The fraction of sp³-hybridized carbons (Fsp3) is 0.688. The van der Waals surface area contributed by atoms with Crippen molar-refractivity contribution >= 4 is 11.9 Å². The fourth-order valence-corrected chi connectivity index (χ4v) is 7.95. The maximum Gasteiger partial charge on any atom is 0.306 e. The highest BCUT2D eigenvalue weighted by Gasteiger charge is 2.65. The number of carbonyl (C=O) groups excluding carboxylic acids is 1. The second kappa shape index (κ2) is 10.6. The van der Waals surface area contributed by atoms with Gasteiger partial charge in [0.25, 0.3) is 0 Å². The average molecular weight is 513 g/mol. The van der Waals surface area contributed by atoms with E-state index < -0.39 is 23.4 Å². The van der Waals surface area contributed by atoms with Crippen molar-refractivity contribution in [2.45, 2.75) is 92.6 Å². The van der Waals surface area contributed by atoms with Crippen LogP contribution in [-0.4, -0.2) is 35.4 Å². The van der Waals surface area contributed by atoms with Crippen molar-refractivity contribution in [2.75, 3.05) is 7.11 Å². The molecule has 0 radical (unpaired) electrons. The standard InChI is InChI=1S/C32H48O5/c1-19(2)21(5)10-11-22(29(35)36)28-26(33)18-32(8)25-13-12-23(20(3)4)30(6,16-15-27(34)37-9)24(25)14-17-31(28,32)7/h13-14,19,22-23,26,28,33H,3,5,10-12,15-18H2,1-2,4,6-9H3,(H,35,36). The highest BCUT2D eigenvalue weighted by molar-refractivity contribution is 5.71. The first-order valence-electron chi connectivity index (χ1n) is 13.9. The molecule has 1 fully saturated rings. The molecule has 0 bridgehead atoms. The van der Waals surface area contributed by atoms with Gasteiger partial charge in [-0.25, -0.2) is 0 Å². The maximum atomic E-state index is 12.6. The topological polar surface area (TPSA) is 83.8 Å². The molecule has 3 rings (SSSR count). The number of esters is 1. The van der Waals surface area contributed by atoms with E-state index in [-0.39, 0.29) is 28.6 Å². The van der Waals surface area contributed by atoms with Gasteiger partial charge < -0.3 is 14.9 Å². The lowest BCUT2D eigenvalue weighted by Gasteiger charge is -2.56. The lowest BCUT2D eigenvalue weighted by atomic mass is 9.48. The van der Waals surface area contributed by atoms with Crippen molar-refractivity contribution in [1.29, 1.82) is 0 Å². The van der Waals surface area contributed by atoms with Gasteiger partial charge in [0.15, 0.2) is 0 Å². The molecule has 37 heavy (non-hydrogen) atoms. The van der Waals surface area contributed by atoms with Crippen molar-refractivity contribution in [3.05, 3.63) is 47.6 Å². The second-order valence-corrected chi connectivity index (χ2v) is 12.9. The third-order valence-corrected chi connectivity index (χ3v) is 10.6. The predicted molar refractivity (Wildman–Crippen MR) is 148 cm³/mol. The lowest BCUT2D eigenvalue weighted by Crippen LogP contribution is -2.48. The number of carbonyl (C=O) groups is 2. The summed E-state index contributed by atoms with van der Waals surface area (Å²) in [5.41, 5.74) is 3.58. The van der Waals surface area contributed by atoms with Gasteiger partial charge in [0.05, 0.1) is 19.1 Å². The molecule has 7 atom stereocenters. The molecule has 0 aromatic heterocycles. The average Bonchev–Trinajstić information content (AvgIpc) is 3.02. The van der Waals surface area contributed by atoms with Crippen molar-refractivity contribution in [1.82, 2.24) is 0 Å². The Kier molecular flexibility index (Phi) is 8.39. The minimum atomic E-state index is -0.830. The third kappa shape index (κ3) is 4.89. The zero-order valence-corrected chi connectivity index (χ0v) is 24.0. The van der Waals surface area contributed by atoms with Gasteiger partial charge >= 0.3 is 11.9 Å². The normalized spacial score (nSPS) is 35.6. The van der Waals surface area contributed by atoms with Gasteiger partial charge in [-0.15, -0.1) is 0 Å². The van der Waals surface area contributed by atoms with E-state index in [1.54, 1.807) is 0 Å². The molecule has 0 aromatic rings. The van der Waals surface area contributed by atoms with E-state index >= 15 is 0 Å². The Morgan fingerprint density at radius 3 is 2.32 bits per heavy atom. The minimum absolute atomic E-state index is 0.205. The first kappa shape index (κ1) is 29.4. The summed E-state index contributed by atoms with van der Waals surface area (Å²) in [7, 11) is 1.43. The Labute approximate surface area is 223 Å². The molecule has 0 saturated heterocycles. The van der Waals surface area contributed by atoms with Crippen LogP contribution in [-0.2, 0) is 14.3 Å². The highest BCUT2D eigenvalue weighted by Crippen LogP contribution is 2.70. The summed E-state index contributed by atoms with van der Waals surface area (Å²) in [5.74, 6) is -1.52. The number of aliphatic carboxylic acids is 1. The molecule has 1 saturated carbocycles. The number of rotatable bonds is 10. The summed E-state index contributed by atoms with van der Waals surface area (Å²) < 4.78 is 4.96. The van der Waals surface area contributed by atoms with Gasteiger partial charge in [0.1, 0.15) is 0 Å². The van der Waals surface area contributed by atoms with Crippen molar-refractivity contribution < 1.29 is 24.5 Å². The number of aliphatic hydroxyl groups excluding tert-OH is 1. The first-order chi connectivity index (χ1) is 17.1. The summed E-state index contributed by atoms with van der Waals surface area (Å²) >= 11 is 0. The number of methoxy groups -OCH3 is 1. The van der Waals surface area contributed by atoms with E-state index in [0.717, 1.165) is 17.6 Å². The van der Waals surface area contributed by atoms with Gasteiger partial charge in [-0.1, -0.05) is 71.1 Å². The van der Waals surface area contributed by atoms with Crippen LogP contribution in [0, 0.1) is 39.9 Å². The molecular weight excluding hydrogens is 464 g/mol. The number of hydrogen-bond acceptors (Lipinski definition) is 4. The van der Waals surface area contributed by atoms with Crippen LogP contribution >= 0.6 is 0 Å². The first-order valence-corrected chi connectivity index (χ1v) is 13.9. The van der Waals surface area contributed by atoms with Crippen molar-refractivity contribution in [3.8, 4) is 0 Å². The van der Waals surface area contributed by atoms with Crippen LogP contribution in [0.5, 0.6) is 0 Å². The van der Waals surface area contributed by atoms with E-state index in [1.165, 1.54) is 18.3 Å². The Morgan fingerprint density at radius 2 is 1.78 bits per heavy atom. The summed E-state index contributed by atoms with van der Waals surface area (Å²) in [5, 5.41) is 21.8. The highest BCUT2D eigenvalue weighted by atomic mass is 16.5. The van der Waals surface area contributed by atoms with Crippen LogP contribution < -0.4 is 0 Å². The van der Waals surface area contributed by atoms with E-state index in [4.69, 9.17) is 4.74 Å². The third-order valence-electron chi connectivity index (χ3n) is 10.6. The summed E-state index contributed by atoms with van der Waals surface area (Å²) in [6.07, 6.45) is 8.10. The molecule has 0 aliphatic heterocycles. The fourth-order valence-electron chi connectivity index (χ4n) is 7.95. The number of hydrogen-bond donors (Lipinski definition) is 2. The van der Waals surface area contributed by atoms with E-state index in [2.05, 4.69) is 66.9 Å². The zero-order valence-electron chi connectivity index (χ0n) is 24.0. The smallest absolute Gasteiger partial charge is 0.306 e. The largest absolute Gasteiger partial charge is 0.481 e. The van der Waals surface area contributed by atoms with Crippen LogP contribution in [0.4, 0.5) is 0 Å². The van der Waals surface area contributed by atoms with E-state index in [0.29, 0.717) is 44.4 Å². The SMILES string of the molecule is C=C(CCC(C(=O)O)C1C(O)CC2(C)C3=CCC(C(=C)C)C(C)(CCC(=O)OC)C3=CCC12C)C(C)C. The van der Waals surface area contributed by atoms with E-state index in [1.807, 2.05) is 0 Å². The van der Waals surface area contributed by atoms with Crippen LogP contribution in [0.2, 0.25) is 0 Å². The Balaban J connectivity index is 2.04. The van der Waals surface area contributed by atoms with Crippen LogP contribution in [0.3, 0.4) is 0 Å². The molecular formula is C32H48O5. The Morgan fingerprint density at radius 1 is 1.14 bits per heavy atom. The molecule has 0 aromatic carbocycles. The summed E-state index contributed by atoms with van der Waals surface area (Å²) in [6.45, 7) is 21.3. The van der Waals surface area contributed by atoms with Crippen LogP contribution in [0.1, 0.15) is 86.5 Å². The van der Waals surface area contributed by atoms with E-state index in [9.17, 15) is 19.8 Å². The van der Waals surface area contributed by atoms with Gasteiger partial charge in [0, 0.05) is 17.8 Å². The van der Waals surface area contributed by atoms with Crippen LogP contribution in [0.15, 0.2) is 47.6 Å². The van der Waals surface area contributed by atoms with Crippen LogP contribution in [0.25, 0.3) is 0 Å². The van der Waals surface area contributed by atoms with Crippen molar-refractivity contribution in [3.63, 3.8) is 0 Å². The number of carboxylic acid groups (broad SMARTS) is 1. The van der Waals surface area contributed by atoms with Gasteiger partial charge in [-0.05, 0) is 79.3 Å². The lowest BCUT2D eigenvalue weighted by molar-refractivity contribution is -0.148. The molecule has 5 nitrogen and oxygen atoms in total. The Bertz CT molecular complexity index is 1020. The molecule has 3 aliphatic carbocycles. The molecule has 0 heterocycles. The molecule has 7 unspecified atom stereocenters. The monoisotopic (exact) mass is 512 g/mol. The molecule has 3 aliphatic rings. The van der Waals surface area contributed by atoms with Gasteiger partial charge in [-0.2, -0.15) is 0 Å². The molecule has 2 N–H and O–H groups in total. The molecule has 0 spiro atoms. The molecule has 0 amide bonds. The second-order valence-electron chi connectivity index (χ2n) is 12.9. The van der Waals surface area contributed by atoms with Gasteiger partial charge in [0.2, 0.25) is 0 Å². The zero-order chi connectivity index (χ0) is 27.9. The number of allylic oxidation sites excluding steroid dienone is 6. The summed E-state index contributed by atoms with van der Waals surface area (Å²) in [4.78, 5) is 24.7. The molecule has 5 heteroatoms. The number of fused-ring (bicyclic) bond motifs is 3. The maximum absolute atomic E-state index is 12.6. The number of aliphatic hydroxyl groups is 1. The minimum Gasteiger partial charge on any atom is -0.481 e. The molecule has 206 valence electrons. The number of ether oxygens (including phenoxy) is 1. The van der Waals surface area contributed by atoms with Crippen molar-refractivity contribution in [2.24, 2.45) is 39.9 Å². The predicted octanol–water partition coefficient (Wildman–Crippen LogP) is 6.89. The number of carboxylic acids is 1. The van der Waals surface area contributed by atoms with Gasteiger partial charge in [-0.3, -0.25) is 9.59 Å². The Hall–Kier alpha value is -2.14. The summed E-state index contributed by atoms with van der Waals surface area (Å²) in [6, 6.07) is 0.